The highest BCUT2D eigenvalue weighted by atomic mass is 16.1. The molecule has 1 aromatic carbocycles. The fourth-order valence-electron chi connectivity index (χ4n) is 2.69. The van der Waals surface area contributed by atoms with Crippen molar-refractivity contribution in [3.63, 3.8) is 0 Å². The van der Waals surface area contributed by atoms with Crippen LogP contribution in [0, 0.1) is 17.3 Å². The fourth-order valence-corrected chi connectivity index (χ4v) is 2.69. The molecule has 0 atom stereocenters. The highest BCUT2D eigenvalue weighted by Crippen LogP contribution is 2.22. The minimum absolute atomic E-state index is 0.138. The lowest BCUT2D eigenvalue weighted by molar-refractivity contribution is -0.111. The number of fused-ring (bicyclic) bond motifs is 1. The van der Waals surface area contributed by atoms with Gasteiger partial charge in [-0.3, -0.25) is 14.3 Å². The van der Waals surface area contributed by atoms with E-state index in [1.54, 1.807) is 25.6 Å². The molecule has 0 aliphatic carbocycles. The Morgan fingerprint density at radius 3 is 2.81 bits per heavy atom. The number of hydrogen-bond donors (Lipinski definition) is 1. The van der Waals surface area contributed by atoms with Crippen molar-refractivity contribution >= 4 is 22.6 Å². The van der Waals surface area contributed by atoms with E-state index >= 15 is 0 Å². The van der Waals surface area contributed by atoms with E-state index in [1.807, 2.05) is 22.8 Å². The maximum Gasteiger partial charge on any atom is 0.300 e. The lowest BCUT2D eigenvalue weighted by Crippen LogP contribution is -2.12. The molecule has 0 fully saturated rings. The SMILES string of the molecule is CC#CC(=O)Nc1ccc2c(c1)ncn2-c1cncc(CC(C)(C)C)n1. The smallest absolute Gasteiger partial charge is 0.300 e. The molecule has 0 aliphatic heterocycles. The Bertz CT molecular complexity index is 1020. The molecule has 6 nitrogen and oxygen atoms in total. The summed E-state index contributed by atoms with van der Waals surface area (Å²) in [6.45, 7) is 8.14. The first-order valence-electron chi connectivity index (χ1n) is 8.38. The number of carbonyl (C=O) groups excluding carboxylic acids is 1. The number of amides is 1. The Labute approximate surface area is 152 Å². The quantitative estimate of drug-likeness (QED) is 0.737. The van der Waals surface area contributed by atoms with E-state index in [0.29, 0.717) is 5.69 Å². The first kappa shape index (κ1) is 17.6. The van der Waals surface area contributed by atoms with Crippen LogP contribution in [0.3, 0.4) is 0 Å². The number of anilines is 1. The summed E-state index contributed by atoms with van der Waals surface area (Å²) in [7, 11) is 0. The average molecular weight is 347 g/mol. The first-order valence-corrected chi connectivity index (χ1v) is 8.38. The van der Waals surface area contributed by atoms with Gasteiger partial charge in [-0.25, -0.2) is 9.97 Å². The predicted octanol–water partition coefficient (Wildman–Crippen LogP) is 3.37. The molecule has 0 bridgehead atoms. The fraction of sp³-hybridized carbons (Fsp3) is 0.300. The zero-order valence-electron chi connectivity index (χ0n) is 15.4. The second-order valence-corrected chi connectivity index (χ2v) is 7.25. The van der Waals surface area contributed by atoms with E-state index in [4.69, 9.17) is 4.98 Å². The summed E-state index contributed by atoms with van der Waals surface area (Å²) < 4.78 is 1.89. The molecule has 0 saturated carbocycles. The lowest BCUT2D eigenvalue weighted by Gasteiger charge is -2.17. The van der Waals surface area contributed by atoms with Crippen LogP contribution in [-0.4, -0.2) is 25.4 Å². The summed E-state index contributed by atoms with van der Waals surface area (Å²) in [5.74, 6) is 5.41. The van der Waals surface area contributed by atoms with Gasteiger partial charge >= 0.3 is 0 Å². The maximum absolute atomic E-state index is 11.6. The molecule has 0 radical (unpaired) electrons. The maximum atomic E-state index is 11.6. The Hall–Kier alpha value is -3.20. The Morgan fingerprint density at radius 1 is 1.27 bits per heavy atom. The van der Waals surface area contributed by atoms with E-state index in [1.165, 1.54) is 0 Å². The summed E-state index contributed by atoms with van der Waals surface area (Å²) in [6, 6.07) is 5.53. The zero-order chi connectivity index (χ0) is 18.7. The van der Waals surface area contributed by atoms with Crippen LogP contribution in [0.25, 0.3) is 16.9 Å². The van der Waals surface area contributed by atoms with Crippen molar-refractivity contribution in [2.45, 2.75) is 34.1 Å². The van der Waals surface area contributed by atoms with Gasteiger partial charge in [0.25, 0.3) is 5.91 Å². The zero-order valence-corrected chi connectivity index (χ0v) is 15.4. The van der Waals surface area contributed by atoms with Gasteiger partial charge in [-0.2, -0.15) is 0 Å². The summed E-state index contributed by atoms with van der Waals surface area (Å²) in [5, 5.41) is 2.73. The van der Waals surface area contributed by atoms with Crippen LogP contribution in [0.5, 0.6) is 0 Å². The standard InChI is InChI=1S/C20H21N5O/c1-5-6-19(26)24-14-7-8-17-16(9-14)22-13-25(17)18-12-21-11-15(23-18)10-20(2,3)4/h7-9,11-13H,10H2,1-4H3,(H,24,26). The number of imidazole rings is 1. The number of rotatable bonds is 3. The van der Waals surface area contributed by atoms with Gasteiger partial charge < -0.3 is 5.32 Å². The lowest BCUT2D eigenvalue weighted by atomic mass is 9.91. The van der Waals surface area contributed by atoms with Gasteiger partial charge in [0.1, 0.15) is 6.33 Å². The van der Waals surface area contributed by atoms with Gasteiger partial charge in [-0.15, -0.1) is 0 Å². The number of carbonyl (C=O) groups is 1. The summed E-state index contributed by atoms with van der Waals surface area (Å²) in [5.41, 5.74) is 3.39. The molecule has 0 saturated heterocycles. The minimum Gasteiger partial charge on any atom is -0.315 e. The molecule has 26 heavy (non-hydrogen) atoms. The van der Waals surface area contributed by atoms with Crippen LogP contribution in [-0.2, 0) is 11.2 Å². The molecule has 3 rings (SSSR count). The van der Waals surface area contributed by atoms with E-state index in [0.717, 1.165) is 29.0 Å². The van der Waals surface area contributed by atoms with Crippen molar-refractivity contribution in [3.8, 4) is 17.7 Å². The minimum atomic E-state index is -0.341. The number of nitrogens with one attached hydrogen (secondary N) is 1. The Balaban J connectivity index is 1.93. The molecule has 0 unspecified atom stereocenters. The van der Waals surface area contributed by atoms with Gasteiger partial charge in [-0.05, 0) is 42.9 Å². The third-order valence-corrected chi connectivity index (χ3v) is 3.67. The van der Waals surface area contributed by atoms with Crippen molar-refractivity contribution in [1.29, 1.82) is 0 Å². The largest absolute Gasteiger partial charge is 0.315 e. The Morgan fingerprint density at radius 2 is 2.08 bits per heavy atom. The number of benzene rings is 1. The predicted molar refractivity (Wildman–Crippen MR) is 102 cm³/mol. The molecule has 6 heteroatoms. The molecular weight excluding hydrogens is 326 g/mol. The molecular formula is C20H21N5O. The van der Waals surface area contributed by atoms with Crippen molar-refractivity contribution in [1.82, 2.24) is 19.5 Å². The van der Waals surface area contributed by atoms with Crippen molar-refractivity contribution in [2.75, 3.05) is 5.32 Å². The summed E-state index contributed by atoms with van der Waals surface area (Å²) in [6.07, 6.45) is 6.08. The van der Waals surface area contributed by atoms with Crippen LogP contribution in [0.2, 0.25) is 0 Å². The number of aromatic nitrogens is 4. The van der Waals surface area contributed by atoms with Crippen molar-refractivity contribution < 1.29 is 4.79 Å². The van der Waals surface area contributed by atoms with E-state index in [2.05, 4.69) is 47.9 Å². The van der Waals surface area contributed by atoms with Gasteiger partial charge in [-0.1, -0.05) is 26.7 Å². The second-order valence-electron chi connectivity index (χ2n) is 7.25. The molecule has 3 aromatic rings. The summed E-state index contributed by atoms with van der Waals surface area (Å²) in [4.78, 5) is 25.1. The Kier molecular flexibility index (Phi) is 4.72. The molecule has 132 valence electrons. The van der Waals surface area contributed by atoms with Gasteiger partial charge in [0.05, 0.1) is 22.9 Å². The molecule has 1 N–H and O–H groups in total. The highest BCUT2D eigenvalue weighted by molar-refractivity contribution is 6.04. The monoisotopic (exact) mass is 347 g/mol. The van der Waals surface area contributed by atoms with E-state index in [9.17, 15) is 4.79 Å². The van der Waals surface area contributed by atoms with Crippen LogP contribution < -0.4 is 5.32 Å². The normalized spacial score (nSPS) is 11.1. The summed E-state index contributed by atoms with van der Waals surface area (Å²) >= 11 is 0. The molecule has 1 amide bonds. The second kappa shape index (κ2) is 6.96. The topological polar surface area (TPSA) is 72.7 Å². The van der Waals surface area contributed by atoms with Crippen molar-refractivity contribution in [2.24, 2.45) is 5.41 Å². The van der Waals surface area contributed by atoms with Gasteiger partial charge in [0.2, 0.25) is 0 Å². The van der Waals surface area contributed by atoms with Crippen LogP contribution >= 0.6 is 0 Å². The van der Waals surface area contributed by atoms with Crippen LogP contribution in [0.15, 0.2) is 36.9 Å². The molecule has 0 spiro atoms. The van der Waals surface area contributed by atoms with Gasteiger partial charge in [0.15, 0.2) is 5.82 Å². The average Bonchev–Trinajstić information content (AvgIpc) is 2.97. The third-order valence-electron chi connectivity index (χ3n) is 3.67. The van der Waals surface area contributed by atoms with Crippen LogP contribution in [0.1, 0.15) is 33.4 Å². The van der Waals surface area contributed by atoms with Gasteiger partial charge in [0, 0.05) is 11.9 Å². The van der Waals surface area contributed by atoms with Crippen molar-refractivity contribution in [3.05, 3.63) is 42.6 Å². The molecule has 2 aromatic heterocycles. The van der Waals surface area contributed by atoms with E-state index < -0.39 is 0 Å². The molecule has 0 aliphatic rings. The molecule has 2 heterocycles. The number of hydrogen-bond acceptors (Lipinski definition) is 4. The van der Waals surface area contributed by atoms with E-state index in [-0.39, 0.29) is 11.3 Å². The number of nitrogens with zero attached hydrogens (tertiary/aromatic N) is 4. The third kappa shape index (κ3) is 4.06. The first-order chi connectivity index (χ1) is 12.4. The highest BCUT2D eigenvalue weighted by Gasteiger charge is 2.14. The van der Waals surface area contributed by atoms with Crippen LogP contribution in [0.4, 0.5) is 5.69 Å².